The van der Waals surface area contributed by atoms with Gasteiger partial charge in [0.25, 0.3) is 0 Å². The van der Waals surface area contributed by atoms with Gasteiger partial charge in [-0.05, 0) is 55.5 Å². The van der Waals surface area contributed by atoms with Crippen molar-refractivity contribution in [1.82, 2.24) is 0 Å². The number of anilines is 3. The highest BCUT2D eigenvalue weighted by atomic mass is 79.9. The quantitative estimate of drug-likeness (QED) is 0.276. The molecule has 0 radical (unpaired) electrons. The number of nitrogen functional groups attached to an aromatic ring is 1. The molecule has 0 spiro atoms. The van der Waals surface area contributed by atoms with E-state index in [1.165, 1.54) is 36.4 Å². The zero-order chi connectivity index (χ0) is 23.8. The minimum atomic E-state index is -4.07. The van der Waals surface area contributed by atoms with Crippen LogP contribution in [0.15, 0.2) is 87.1 Å². The molecule has 1 heterocycles. The van der Waals surface area contributed by atoms with Crippen molar-refractivity contribution >= 4 is 59.3 Å². The molecule has 4 aromatic rings. The summed E-state index contributed by atoms with van der Waals surface area (Å²) in [6.07, 6.45) is 0. The van der Waals surface area contributed by atoms with Crippen molar-refractivity contribution in [3.8, 4) is 0 Å². The smallest absolute Gasteiger partial charge is 0.211 e. The van der Waals surface area contributed by atoms with Crippen LogP contribution in [-0.4, -0.2) is 14.2 Å². The number of carbonyl (C=O) groups excluding carboxylic acids is 1. The van der Waals surface area contributed by atoms with Crippen LogP contribution in [0, 0.1) is 12.7 Å². The molecule has 0 aliphatic heterocycles. The summed E-state index contributed by atoms with van der Waals surface area (Å²) in [5.41, 5.74) is 8.02. The van der Waals surface area contributed by atoms with E-state index < -0.39 is 15.7 Å². The van der Waals surface area contributed by atoms with Gasteiger partial charge in [-0.15, -0.1) is 11.3 Å². The molecular weight excluding hydrogens is 527 g/mol. The fraction of sp³-hybridized carbons (Fsp3) is 0.0417. The van der Waals surface area contributed by atoms with Crippen LogP contribution in [0.5, 0.6) is 0 Å². The molecule has 0 fully saturated rings. The topological polar surface area (TPSA) is 89.3 Å². The molecule has 5 nitrogen and oxygen atoms in total. The van der Waals surface area contributed by atoms with E-state index >= 15 is 0 Å². The van der Waals surface area contributed by atoms with Crippen molar-refractivity contribution in [3.05, 3.63) is 99.1 Å². The summed E-state index contributed by atoms with van der Waals surface area (Å²) >= 11 is 4.25. The molecule has 0 aliphatic carbocycles. The van der Waals surface area contributed by atoms with Crippen molar-refractivity contribution in [2.24, 2.45) is 0 Å². The van der Waals surface area contributed by atoms with Gasteiger partial charge in [-0.1, -0.05) is 45.8 Å². The van der Waals surface area contributed by atoms with E-state index in [1.807, 2.05) is 6.92 Å². The van der Waals surface area contributed by atoms with Crippen LogP contribution < -0.4 is 11.1 Å². The number of rotatable bonds is 6. The van der Waals surface area contributed by atoms with E-state index in [0.29, 0.717) is 11.3 Å². The highest BCUT2D eigenvalue weighted by molar-refractivity contribution is 9.10. The van der Waals surface area contributed by atoms with E-state index in [9.17, 15) is 17.6 Å². The van der Waals surface area contributed by atoms with Gasteiger partial charge in [-0.2, -0.15) is 0 Å². The third-order valence-corrected chi connectivity index (χ3v) is 8.55. The number of benzene rings is 3. The molecule has 0 atom stereocenters. The lowest BCUT2D eigenvalue weighted by atomic mass is 10.1. The van der Waals surface area contributed by atoms with Crippen LogP contribution in [-0.2, 0) is 9.84 Å². The Morgan fingerprint density at radius 1 is 0.970 bits per heavy atom. The predicted molar refractivity (Wildman–Crippen MR) is 133 cm³/mol. The Morgan fingerprint density at radius 2 is 1.58 bits per heavy atom. The van der Waals surface area contributed by atoms with Crippen LogP contribution >= 0.6 is 27.3 Å². The molecule has 0 amide bonds. The van der Waals surface area contributed by atoms with Crippen molar-refractivity contribution in [2.75, 3.05) is 11.1 Å². The van der Waals surface area contributed by atoms with Crippen LogP contribution in [0.4, 0.5) is 20.8 Å². The molecule has 4 rings (SSSR count). The van der Waals surface area contributed by atoms with Gasteiger partial charge in [0.15, 0.2) is 0 Å². The van der Waals surface area contributed by atoms with Crippen molar-refractivity contribution in [2.45, 2.75) is 16.7 Å². The average molecular weight is 545 g/mol. The van der Waals surface area contributed by atoms with Gasteiger partial charge in [0.2, 0.25) is 15.6 Å². The summed E-state index contributed by atoms with van der Waals surface area (Å²) in [5.74, 6) is -0.805. The van der Waals surface area contributed by atoms with Crippen LogP contribution in [0.1, 0.15) is 20.8 Å². The summed E-state index contributed by atoms with van der Waals surface area (Å²) in [7, 11) is -4.07. The van der Waals surface area contributed by atoms with Crippen molar-refractivity contribution < 1.29 is 17.6 Å². The number of nitrogens with two attached hydrogens (primary N) is 1. The molecule has 3 aromatic carbocycles. The second-order valence-corrected chi connectivity index (χ2v) is 11.1. The van der Waals surface area contributed by atoms with Crippen LogP contribution in [0.3, 0.4) is 0 Å². The summed E-state index contributed by atoms with van der Waals surface area (Å²) in [4.78, 5) is 13.2. The molecule has 0 unspecified atom stereocenters. The number of sulfone groups is 1. The standard InChI is InChI=1S/C24H18BrFN2O3S2/c1-14-2-4-15(5-3-14)21(29)22-20(27)23(33(30,31)19-12-6-16(25)7-13-19)24(32-22)28-18-10-8-17(26)9-11-18/h2-13,28H,27H2,1H3. The normalized spacial score (nSPS) is 11.4. The van der Waals surface area contributed by atoms with E-state index in [2.05, 4.69) is 21.2 Å². The fourth-order valence-electron chi connectivity index (χ4n) is 3.18. The number of carbonyl (C=O) groups is 1. The molecule has 0 aliphatic rings. The second kappa shape index (κ2) is 9.09. The number of hydrogen-bond acceptors (Lipinski definition) is 6. The Bertz CT molecular complexity index is 1430. The SMILES string of the molecule is Cc1ccc(C(=O)c2sc(Nc3ccc(F)cc3)c(S(=O)(=O)c3ccc(Br)cc3)c2N)cc1. The highest BCUT2D eigenvalue weighted by Gasteiger charge is 2.31. The number of hydrogen-bond donors (Lipinski definition) is 2. The Hall–Kier alpha value is -3.01. The maximum absolute atomic E-state index is 13.5. The summed E-state index contributed by atoms with van der Waals surface area (Å²) in [5, 5.41) is 3.17. The van der Waals surface area contributed by atoms with E-state index in [-0.39, 0.29) is 31.1 Å². The van der Waals surface area contributed by atoms with Gasteiger partial charge in [-0.3, -0.25) is 4.79 Å². The third kappa shape index (κ3) is 4.71. The minimum Gasteiger partial charge on any atom is -0.396 e. The first-order valence-electron chi connectivity index (χ1n) is 9.73. The average Bonchev–Trinajstić information content (AvgIpc) is 3.12. The van der Waals surface area contributed by atoms with E-state index in [4.69, 9.17) is 5.73 Å². The Labute approximate surface area is 203 Å². The lowest BCUT2D eigenvalue weighted by Gasteiger charge is -2.10. The van der Waals surface area contributed by atoms with Gasteiger partial charge in [-0.25, -0.2) is 12.8 Å². The van der Waals surface area contributed by atoms with Gasteiger partial charge in [0, 0.05) is 15.7 Å². The molecule has 0 saturated heterocycles. The van der Waals surface area contributed by atoms with Gasteiger partial charge < -0.3 is 11.1 Å². The van der Waals surface area contributed by atoms with Gasteiger partial charge >= 0.3 is 0 Å². The maximum atomic E-state index is 13.5. The molecule has 0 bridgehead atoms. The lowest BCUT2D eigenvalue weighted by Crippen LogP contribution is -2.08. The zero-order valence-corrected chi connectivity index (χ0v) is 20.5. The first-order chi connectivity index (χ1) is 15.7. The Kier molecular flexibility index (Phi) is 6.38. The van der Waals surface area contributed by atoms with Gasteiger partial charge in [0.1, 0.15) is 20.6 Å². The minimum absolute atomic E-state index is 0.0340. The number of thiophene rings is 1. The lowest BCUT2D eigenvalue weighted by molar-refractivity contribution is 0.104. The molecule has 3 N–H and O–H groups in total. The first-order valence-corrected chi connectivity index (χ1v) is 12.8. The van der Waals surface area contributed by atoms with E-state index in [0.717, 1.165) is 21.4 Å². The van der Waals surface area contributed by atoms with Crippen molar-refractivity contribution in [3.63, 3.8) is 0 Å². The summed E-state index contributed by atoms with van der Waals surface area (Å²) in [6.45, 7) is 1.90. The molecule has 168 valence electrons. The predicted octanol–water partition coefficient (Wildman–Crippen LogP) is 6.35. The number of nitrogens with one attached hydrogen (secondary N) is 1. The summed E-state index contributed by atoms with van der Waals surface area (Å²) in [6, 6.07) is 18.5. The highest BCUT2D eigenvalue weighted by Crippen LogP contribution is 2.44. The number of aryl methyl sites for hydroxylation is 1. The van der Waals surface area contributed by atoms with Gasteiger partial charge in [0.05, 0.1) is 10.6 Å². The number of halogens is 2. The van der Waals surface area contributed by atoms with E-state index in [1.54, 1.807) is 36.4 Å². The molecular formula is C24H18BrFN2O3S2. The van der Waals surface area contributed by atoms with Crippen molar-refractivity contribution in [1.29, 1.82) is 0 Å². The Morgan fingerprint density at radius 3 is 2.18 bits per heavy atom. The Balaban J connectivity index is 1.87. The second-order valence-electron chi connectivity index (χ2n) is 7.29. The fourth-order valence-corrected chi connectivity index (χ4v) is 6.38. The largest absolute Gasteiger partial charge is 0.396 e. The monoisotopic (exact) mass is 544 g/mol. The third-order valence-electron chi connectivity index (χ3n) is 4.91. The maximum Gasteiger partial charge on any atom is 0.211 e. The van der Waals surface area contributed by atoms with Crippen LogP contribution in [0.2, 0.25) is 0 Å². The molecule has 9 heteroatoms. The first kappa shape index (κ1) is 23.2. The summed E-state index contributed by atoms with van der Waals surface area (Å²) < 4.78 is 41.2. The molecule has 1 aromatic heterocycles. The number of ketones is 1. The molecule has 0 saturated carbocycles. The zero-order valence-electron chi connectivity index (χ0n) is 17.3. The van der Waals surface area contributed by atoms with Crippen LogP contribution in [0.25, 0.3) is 0 Å². The molecule has 33 heavy (non-hydrogen) atoms.